The largest absolute Gasteiger partial charge is 0.377 e. The number of rotatable bonds is 5. The number of para-hydroxylation sites is 1. The number of carbonyl (C=O) groups excluding carboxylic acids is 1. The van der Waals surface area contributed by atoms with Gasteiger partial charge >= 0.3 is 0 Å². The number of ether oxygens (including phenoxy) is 1. The fourth-order valence-electron chi connectivity index (χ4n) is 5.14. The Morgan fingerprint density at radius 3 is 3.00 bits per heavy atom. The van der Waals surface area contributed by atoms with Crippen LogP contribution in [-0.2, 0) is 16.0 Å². The van der Waals surface area contributed by atoms with E-state index in [4.69, 9.17) is 4.74 Å². The molecule has 1 aliphatic carbocycles. The number of nitrogens with zero attached hydrogens (tertiary/aromatic N) is 2. The Kier molecular flexibility index (Phi) is 5.32. The van der Waals surface area contributed by atoms with Crippen molar-refractivity contribution in [3.05, 3.63) is 29.8 Å². The van der Waals surface area contributed by atoms with Gasteiger partial charge < -0.3 is 20.3 Å². The van der Waals surface area contributed by atoms with Gasteiger partial charge in [0.25, 0.3) is 0 Å². The van der Waals surface area contributed by atoms with E-state index in [0.29, 0.717) is 24.5 Å². The zero-order valence-electron chi connectivity index (χ0n) is 17.2. The first-order valence-corrected chi connectivity index (χ1v) is 10.5. The topological polar surface area (TPSA) is 66.0 Å². The van der Waals surface area contributed by atoms with Crippen molar-refractivity contribution in [1.82, 2.24) is 10.6 Å². The minimum Gasteiger partial charge on any atom is -0.377 e. The molecule has 152 valence electrons. The maximum Gasteiger partial charge on any atom is 0.227 e. The first-order chi connectivity index (χ1) is 13.5. The molecule has 6 heteroatoms. The number of benzene rings is 1. The van der Waals surface area contributed by atoms with Crippen LogP contribution in [0.25, 0.3) is 0 Å². The number of anilines is 1. The van der Waals surface area contributed by atoms with Crippen molar-refractivity contribution >= 4 is 17.6 Å². The van der Waals surface area contributed by atoms with Gasteiger partial charge in [0.2, 0.25) is 5.91 Å². The lowest BCUT2D eigenvalue weighted by Crippen LogP contribution is -2.67. The van der Waals surface area contributed by atoms with Crippen LogP contribution in [0.15, 0.2) is 29.3 Å². The van der Waals surface area contributed by atoms with Gasteiger partial charge in [0.05, 0.1) is 6.10 Å². The summed E-state index contributed by atoms with van der Waals surface area (Å²) in [5.41, 5.74) is 2.48. The van der Waals surface area contributed by atoms with Crippen molar-refractivity contribution in [3.8, 4) is 0 Å². The van der Waals surface area contributed by atoms with Crippen LogP contribution in [0.5, 0.6) is 0 Å². The standard InChI is InChI=1S/C22H32N4O2/c1-22(2)19(16-11-14-28-20(16)22)25-21(23-3)24-12-6-9-18(27)26-13-10-15-7-4-5-8-17(15)26/h4-5,7-8,16,19-20H,6,9-14H2,1-3H3,(H2,23,24,25). The predicted molar refractivity (Wildman–Crippen MR) is 112 cm³/mol. The second-order valence-electron chi connectivity index (χ2n) is 8.71. The molecule has 2 heterocycles. The number of carbonyl (C=O) groups is 1. The molecule has 28 heavy (non-hydrogen) atoms. The van der Waals surface area contributed by atoms with Crippen molar-refractivity contribution in [2.24, 2.45) is 16.3 Å². The number of fused-ring (bicyclic) bond motifs is 2. The molecule has 0 bridgehead atoms. The number of hydrogen-bond donors (Lipinski definition) is 2. The molecule has 0 spiro atoms. The Bertz CT molecular complexity index is 761. The van der Waals surface area contributed by atoms with Gasteiger partial charge in [-0.15, -0.1) is 0 Å². The van der Waals surface area contributed by atoms with E-state index < -0.39 is 0 Å². The summed E-state index contributed by atoms with van der Waals surface area (Å²) in [4.78, 5) is 18.9. The second-order valence-corrected chi connectivity index (χ2v) is 8.71. The van der Waals surface area contributed by atoms with Crippen LogP contribution in [0.1, 0.15) is 38.7 Å². The fraction of sp³-hybridized carbons (Fsp3) is 0.636. The molecular weight excluding hydrogens is 352 g/mol. The minimum absolute atomic E-state index is 0.123. The Labute approximate surface area is 167 Å². The van der Waals surface area contributed by atoms with Gasteiger partial charge in [0.1, 0.15) is 0 Å². The predicted octanol–water partition coefficient (Wildman–Crippen LogP) is 2.33. The molecule has 3 atom stereocenters. The smallest absolute Gasteiger partial charge is 0.227 e. The summed E-state index contributed by atoms with van der Waals surface area (Å²) in [6.45, 7) is 6.92. The molecule has 3 unspecified atom stereocenters. The van der Waals surface area contributed by atoms with Crippen LogP contribution in [0, 0.1) is 11.3 Å². The highest BCUT2D eigenvalue weighted by Crippen LogP contribution is 2.52. The Hall–Kier alpha value is -2.08. The third-order valence-corrected chi connectivity index (χ3v) is 6.66. The number of hydrogen-bond acceptors (Lipinski definition) is 3. The van der Waals surface area contributed by atoms with E-state index in [1.54, 1.807) is 7.05 Å². The van der Waals surface area contributed by atoms with E-state index >= 15 is 0 Å². The summed E-state index contributed by atoms with van der Waals surface area (Å²) in [7, 11) is 1.80. The maximum absolute atomic E-state index is 12.6. The first kappa shape index (κ1) is 19.2. The third kappa shape index (κ3) is 3.39. The van der Waals surface area contributed by atoms with Crippen LogP contribution >= 0.6 is 0 Å². The van der Waals surface area contributed by atoms with Gasteiger partial charge in [-0.05, 0) is 30.9 Å². The normalized spacial score (nSPS) is 27.8. The number of aliphatic imine (C=N–C) groups is 1. The van der Waals surface area contributed by atoms with Crippen LogP contribution in [0.4, 0.5) is 5.69 Å². The lowest BCUT2D eigenvalue weighted by molar-refractivity contribution is -0.118. The lowest BCUT2D eigenvalue weighted by Gasteiger charge is -2.54. The molecule has 4 rings (SSSR count). The third-order valence-electron chi connectivity index (χ3n) is 6.66. The molecule has 1 saturated heterocycles. The number of amides is 1. The molecule has 1 saturated carbocycles. The van der Waals surface area contributed by atoms with Crippen molar-refractivity contribution < 1.29 is 9.53 Å². The fourth-order valence-corrected chi connectivity index (χ4v) is 5.14. The zero-order valence-corrected chi connectivity index (χ0v) is 17.2. The summed E-state index contributed by atoms with van der Waals surface area (Å²) in [6, 6.07) is 8.59. The number of guanidine groups is 1. The summed E-state index contributed by atoms with van der Waals surface area (Å²) >= 11 is 0. The zero-order chi connectivity index (χ0) is 19.7. The molecule has 0 aromatic heterocycles. The second kappa shape index (κ2) is 7.74. The highest BCUT2D eigenvalue weighted by molar-refractivity contribution is 5.95. The SMILES string of the molecule is CN=C(NCCCC(=O)N1CCc2ccccc21)NC1C2CCOC2C1(C)C. The Balaban J connectivity index is 1.22. The molecule has 1 aromatic carbocycles. The average Bonchev–Trinajstić information content (AvgIpc) is 3.33. The van der Waals surface area contributed by atoms with E-state index in [1.807, 2.05) is 23.1 Å². The first-order valence-electron chi connectivity index (χ1n) is 10.5. The lowest BCUT2D eigenvalue weighted by atomic mass is 9.57. The molecule has 2 N–H and O–H groups in total. The van der Waals surface area contributed by atoms with Crippen molar-refractivity contribution in [1.29, 1.82) is 0 Å². The summed E-state index contributed by atoms with van der Waals surface area (Å²) < 4.78 is 5.87. The molecule has 2 aliphatic heterocycles. The van der Waals surface area contributed by atoms with E-state index in [1.165, 1.54) is 5.56 Å². The Morgan fingerprint density at radius 2 is 2.18 bits per heavy atom. The van der Waals surface area contributed by atoms with Gasteiger partial charge in [-0.2, -0.15) is 0 Å². The van der Waals surface area contributed by atoms with E-state index in [9.17, 15) is 4.79 Å². The number of nitrogens with one attached hydrogen (secondary N) is 2. The quantitative estimate of drug-likeness (QED) is 0.465. The summed E-state index contributed by atoms with van der Waals surface area (Å²) in [5.74, 6) is 1.61. The molecule has 6 nitrogen and oxygen atoms in total. The van der Waals surface area contributed by atoms with Crippen molar-refractivity contribution in [2.75, 3.05) is 31.6 Å². The van der Waals surface area contributed by atoms with Gasteiger partial charge in [-0.3, -0.25) is 9.79 Å². The maximum atomic E-state index is 12.6. The van der Waals surface area contributed by atoms with E-state index in [0.717, 1.165) is 50.6 Å². The molecule has 1 amide bonds. The van der Waals surface area contributed by atoms with E-state index in [2.05, 4.69) is 35.5 Å². The molecule has 3 aliphatic rings. The highest BCUT2D eigenvalue weighted by Gasteiger charge is 2.59. The van der Waals surface area contributed by atoms with Crippen LogP contribution in [0.3, 0.4) is 0 Å². The molecule has 0 radical (unpaired) electrons. The van der Waals surface area contributed by atoms with E-state index in [-0.39, 0.29) is 11.3 Å². The molecule has 1 aromatic rings. The minimum atomic E-state index is 0.123. The van der Waals surface area contributed by atoms with Gasteiger partial charge in [0.15, 0.2) is 5.96 Å². The monoisotopic (exact) mass is 384 g/mol. The summed E-state index contributed by atoms with van der Waals surface area (Å²) in [6.07, 6.45) is 3.78. The molecular formula is C22H32N4O2. The average molecular weight is 385 g/mol. The van der Waals surface area contributed by atoms with Crippen molar-refractivity contribution in [3.63, 3.8) is 0 Å². The van der Waals surface area contributed by atoms with Crippen LogP contribution in [0.2, 0.25) is 0 Å². The Morgan fingerprint density at radius 1 is 1.36 bits per heavy atom. The van der Waals surface area contributed by atoms with Crippen LogP contribution < -0.4 is 15.5 Å². The molecule has 2 fully saturated rings. The van der Waals surface area contributed by atoms with Gasteiger partial charge in [-0.1, -0.05) is 32.0 Å². The highest BCUT2D eigenvalue weighted by atomic mass is 16.5. The van der Waals surface area contributed by atoms with Gasteiger partial charge in [0, 0.05) is 56.2 Å². The van der Waals surface area contributed by atoms with Gasteiger partial charge in [-0.25, -0.2) is 0 Å². The van der Waals surface area contributed by atoms with Crippen LogP contribution in [-0.4, -0.2) is 50.8 Å². The summed E-state index contributed by atoms with van der Waals surface area (Å²) in [5, 5.41) is 6.96. The van der Waals surface area contributed by atoms with Crippen molar-refractivity contribution in [2.45, 2.75) is 51.7 Å².